The molecule has 18 heavy (non-hydrogen) atoms. The average molecular weight is 233 g/mol. The summed E-state index contributed by atoms with van der Waals surface area (Å²) in [6.07, 6.45) is 5.35. The second-order valence-corrected chi connectivity index (χ2v) is 4.16. The van der Waals surface area contributed by atoms with Crippen molar-refractivity contribution < 1.29 is 0 Å². The van der Waals surface area contributed by atoms with Gasteiger partial charge in [0.1, 0.15) is 0 Å². The van der Waals surface area contributed by atoms with Gasteiger partial charge in [0.25, 0.3) is 5.56 Å². The largest absolute Gasteiger partial charge is 0.296 e. The molecule has 2 heteroatoms. The number of fused-ring (bicyclic) bond motifs is 3. The highest BCUT2D eigenvalue weighted by molar-refractivity contribution is 6.05. The summed E-state index contributed by atoms with van der Waals surface area (Å²) < 4.78 is 1.65. The molecule has 2 aromatic carbocycles. The number of rotatable bonds is 1. The van der Waals surface area contributed by atoms with Gasteiger partial charge in [-0.2, -0.15) is 0 Å². The van der Waals surface area contributed by atoms with E-state index in [2.05, 4.69) is 5.92 Å². The molecule has 0 N–H and O–H groups in total. The van der Waals surface area contributed by atoms with Gasteiger partial charge >= 0.3 is 0 Å². The number of benzene rings is 2. The summed E-state index contributed by atoms with van der Waals surface area (Å²) in [6, 6.07) is 15.5. The van der Waals surface area contributed by atoms with Gasteiger partial charge in [0.05, 0.1) is 12.1 Å². The fraction of sp³-hybridized carbons (Fsp3) is 0.0625. The van der Waals surface area contributed by atoms with E-state index in [-0.39, 0.29) is 5.56 Å². The second kappa shape index (κ2) is 4.05. The van der Waals surface area contributed by atoms with Crippen LogP contribution in [0.15, 0.2) is 53.3 Å². The van der Waals surface area contributed by atoms with Crippen molar-refractivity contribution in [2.45, 2.75) is 6.54 Å². The molecular weight excluding hydrogens is 222 g/mol. The molecule has 1 heterocycles. The maximum absolute atomic E-state index is 12.4. The normalized spacial score (nSPS) is 10.6. The molecule has 2 nitrogen and oxygen atoms in total. The Morgan fingerprint density at radius 3 is 2.28 bits per heavy atom. The predicted octanol–water partition coefficient (Wildman–Crippen LogP) is 2.79. The first-order chi connectivity index (χ1) is 8.83. The maximum Gasteiger partial charge on any atom is 0.259 e. The second-order valence-electron chi connectivity index (χ2n) is 4.16. The van der Waals surface area contributed by atoms with E-state index in [4.69, 9.17) is 6.42 Å². The Morgan fingerprint density at radius 1 is 0.944 bits per heavy atom. The Hall–Kier alpha value is -2.53. The Kier molecular flexibility index (Phi) is 2.39. The third-order valence-electron chi connectivity index (χ3n) is 3.14. The Bertz CT molecular complexity index is 837. The van der Waals surface area contributed by atoms with Crippen LogP contribution in [0.1, 0.15) is 0 Å². The van der Waals surface area contributed by atoms with Gasteiger partial charge in [0.15, 0.2) is 0 Å². The van der Waals surface area contributed by atoms with Crippen LogP contribution in [0.2, 0.25) is 0 Å². The first kappa shape index (κ1) is 10.6. The van der Waals surface area contributed by atoms with Crippen LogP contribution in [0, 0.1) is 12.3 Å². The molecule has 0 fully saturated rings. The Morgan fingerprint density at radius 2 is 1.56 bits per heavy atom. The fourth-order valence-corrected chi connectivity index (χ4v) is 2.34. The molecule has 1 aromatic heterocycles. The zero-order valence-corrected chi connectivity index (χ0v) is 9.76. The van der Waals surface area contributed by atoms with Crippen molar-refractivity contribution in [3.63, 3.8) is 0 Å². The van der Waals surface area contributed by atoms with E-state index in [9.17, 15) is 4.79 Å². The van der Waals surface area contributed by atoms with Crippen LogP contribution in [0.3, 0.4) is 0 Å². The van der Waals surface area contributed by atoms with Crippen LogP contribution < -0.4 is 5.56 Å². The van der Waals surface area contributed by atoms with E-state index >= 15 is 0 Å². The van der Waals surface area contributed by atoms with Crippen molar-refractivity contribution in [3.8, 4) is 12.3 Å². The third kappa shape index (κ3) is 1.42. The molecule has 86 valence electrons. The monoisotopic (exact) mass is 233 g/mol. The minimum absolute atomic E-state index is 0.0257. The van der Waals surface area contributed by atoms with Gasteiger partial charge in [-0.25, -0.2) is 0 Å². The number of hydrogen-bond donors (Lipinski definition) is 0. The van der Waals surface area contributed by atoms with Crippen molar-refractivity contribution in [1.29, 1.82) is 0 Å². The molecule has 0 atom stereocenters. The van der Waals surface area contributed by atoms with E-state index in [1.54, 1.807) is 4.57 Å². The smallest absolute Gasteiger partial charge is 0.259 e. The van der Waals surface area contributed by atoms with Crippen molar-refractivity contribution in [2.24, 2.45) is 0 Å². The van der Waals surface area contributed by atoms with Gasteiger partial charge in [-0.1, -0.05) is 42.3 Å². The number of para-hydroxylation sites is 1. The minimum Gasteiger partial charge on any atom is -0.296 e. The molecule has 0 aliphatic rings. The summed E-state index contributed by atoms with van der Waals surface area (Å²) in [6.45, 7) is 0.296. The molecule has 3 aromatic rings. The molecular formula is C16H11NO. The molecule has 0 aliphatic carbocycles. The number of terminal acetylenes is 1. The number of aromatic nitrogens is 1. The molecule has 0 saturated heterocycles. The standard InChI is InChI=1S/C16H11NO/c1-2-11-17-15-10-6-5-8-13(15)12-7-3-4-9-14(12)16(17)18/h1,3-10H,11H2. The van der Waals surface area contributed by atoms with E-state index < -0.39 is 0 Å². The van der Waals surface area contributed by atoms with Crippen LogP contribution in [0.5, 0.6) is 0 Å². The van der Waals surface area contributed by atoms with Gasteiger partial charge in [0.2, 0.25) is 0 Å². The fourth-order valence-electron chi connectivity index (χ4n) is 2.34. The van der Waals surface area contributed by atoms with Crippen molar-refractivity contribution in [1.82, 2.24) is 4.57 Å². The van der Waals surface area contributed by atoms with Crippen LogP contribution in [-0.2, 0) is 6.54 Å². The Balaban J connectivity index is 2.63. The first-order valence-corrected chi connectivity index (χ1v) is 5.76. The van der Waals surface area contributed by atoms with E-state index in [0.717, 1.165) is 16.3 Å². The third-order valence-corrected chi connectivity index (χ3v) is 3.14. The van der Waals surface area contributed by atoms with Crippen LogP contribution in [-0.4, -0.2) is 4.57 Å². The van der Waals surface area contributed by atoms with Crippen molar-refractivity contribution in [3.05, 3.63) is 58.9 Å². The Labute approximate surface area is 104 Å². The molecule has 0 spiro atoms. The molecule has 0 aliphatic heterocycles. The van der Waals surface area contributed by atoms with Gasteiger partial charge in [-0.3, -0.25) is 9.36 Å². The maximum atomic E-state index is 12.4. The summed E-state index contributed by atoms with van der Waals surface area (Å²) in [5.74, 6) is 2.54. The lowest BCUT2D eigenvalue weighted by molar-refractivity contribution is 0.846. The van der Waals surface area contributed by atoms with E-state index in [0.29, 0.717) is 11.9 Å². The van der Waals surface area contributed by atoms with E-state index in [1.807, 2.05) is 48.5 Å². The quantitative estimate of drug-likeness (QED) is 0.468. The van der Waals surface area contributed by atoms with Crippen LogP contribution in [0.25, 0.3) is 21.7 Å². The van der Waals surface area contributed by atoms with Crippen molar-refractivity contribution >= 4 is 21.7 Å². The number of nitrogens with zero attached hydrogens (tertiary/aromatic N) is 1. The molecule has 0 radical (unpaired) electrons. The number of hydrogen-bond acceptors (Lipinski definition) is 1. The van der Waals surface area contributed by atoms with Crippen LogP contribution >= 0.6 is 0 Å². The highest BCUT2D eigenvalue weighted by Crippen LogP contribution is 2.22. The lowest BCUT2D eigenvalue weighted by Gasteiger charge is -2.10. The summed E-state index contributed by atoms with van der Waals surface area (Å²) in [5, 5.41) is 2.75. The first-order valence-electron chi connectivity index (χ1n) is 5.76. The molecule has 0 saturated carbocycles. The van der Waals surface area contributed by atoms with Crippen molar-refractivity contribution in [2.75, 3.05) is 0 Å². The lowest BCUT2D eigenvalue weighted by Crippen LogP contribution is -2.20. The zero-order chi connectivity index (χ0) is 12.5. The average Bonchev–Trinajstić information content (AvgIpc) is 2.43. The zero-order valence-electron chi connectivity index (χ0n) is 9.76. The molecule has 3 rings (SSSR count). The molecule has 0 bridgehead atoms. The van der Waals surface area contributed by atoms with Gasteiger partial charge in [0, 0.05) is 10.8 Å². The van der Waals surface area contributed by atoms with Gasteiger partial charge < -0.3 is 0 Å². The van der Waals surface area contributed by atoms with Gasteiger partial charge in [-0.15, -0.1) is 6.42 Å². The summed E-state index contributed by atoms with van der Waals surface area (Å²) in [4.78, 5) is 12.4. The van der Waals surface area contributed by atoms with Gasteiger partial charge in [-0.05, 0) is 17.5 Å². The molecule has 0 unspecified atom stereocenters. The highest BCUT2D eigenvalue weighted by atomic mass is 16.1. The van der Waals surface area contributed by atoms with E-state index in [1.165, 1.54) is 0 Å². The summed E-state index contributed by atoms with van der Waals surface area (Å²) in [5.41, 5.74) is 0.862. The lowest BCUT2D eigenvalue weighted by atomic mass is 10.1. The summed E-state index contributed by atoms with van der Waals surface area (Å²) in [7, 11) is 0. The summed E-state index contributed by atoms with van der Waals surface area (Å²) >= 11 is 0. The SMILES string of the molecule is C#CCn1c(=O)c2ccccc2c2ccccc21. The topological polar surface area (TPSA) is 22.0 Å². The highest BCUT2D eigenvalue weighted by Gasteiger charge is 2.08. The number of pyridine rings is 1. The molecule has 0 amide bonds. The predicted molar refractivity (Wildman–Crippen MR) is 74.5 cm³/mol. The van der Waals surface area contributed by atoms with Crippen LogP contribution in [0.4, 0.5) is 0 Å². The minimum atomic E-state index is -0.0257.